The predicted octanol–water partition coefficient (Wildman–Crippen LogP) is 1.90. The SMILES string of the molecule is CC(C)c1nc(S(N)(=O)=O)cn1CCc1ccccc1. The highest BCUT2D eigenvalue weighted by atomic mass is 32.2. The minimum atomic E-state index is -3.75. The molecule has 108 valence electrons. The van der Waals surface area contributed by atoms with Gasteiger partial charge in [-0.15, -0.1) is 0 Å². The highest BCUT2D eigenvalue weighted by molar-refractivity contribution is 7.89. The van der Waals surface area contributed by atoms with Gasteiger partial charge in [-0.2, -0.15) is 0 Å². The zero-order chi connectivity index (χ0) is 14.8. The molecule has 0 unspecified atom stereocenters. The van der Waals surface area contributed by atoms with Gasteiger partial charge in [0, 0.05) is 18.7 Å². The number of nitrogens with two attached hydrogens (primary N) is 1. The Labute approximate surface area is 119 Å². The van der Waals surface area contributed by atoms with Crippen LogP contribution in [0.1, 0.15) is 31.2 Å². The number of rotatable bonds is 5. The molecule has 0 aliphatic carbocycles. The predicted molar refractivity (Wildman–Crippen MR) is 77.8 cm³/mol. The van der Waals surface area contributed by atoms with Gasteiger partial charge in [-0.05, 0) is 12.0 Å². The molecule has 0 aliphatic heterocycles. The van der Waals surface area contributed by atoms with E-state index in [0.29, 0.717) is 6.54 Å². The molecular formula is C14H19N3O2S. The number of hydrogen-bond donors (Lipinski definition) is 1. The van der Waals surface area contributed by atoms with E-state index in [1.165, 1.54) is 11.8 Å². The number of primary sulfonamides is 1. The van der Waals surface area contributed by atoms with E-state index in [1.807, 2.05) is 48.7 Å². The second-order valence-electron chi connectivity index (χ2n) is 5.07. The van der Waals surface area contributed by atoms with E-state index in [1.54, 1.807) is 0 Å². The van der Waals surface area contributed by atoms with Gasteiger partial charge in [0.05, 0.1) is 0 Å². The topological polar surface area (TPSA) is 78.0 Å². The second kappa shape index (κ2) is 5.76. The maximum Gasteiger partial charge on any atom is 0.257 e. The smallest absolute Gasteiger partial charge is 0.257 e. The zero-order valence-electron chi connectivity index (χ0n) is 11.7. The van der Waals surface area contributed by atoms with Crippen LogP contribution in [-0.4, -0.2) is 18.0 Å². The van der Waals surface area contributed by atoms with Gasteiger partial charge in [-0.1, -0.05) is 44.2 Å². The van der Waals surface area contributed by atoms with Gasteiger partial charge in [0.25, 0.3) is 10.0 Å². The van der Waals surface area contributed by atoms with E-state index in [2.05, 4.69) is 4.98 Å². The van der Waals surface area contributed by atoms with E-state index in [9.17, 15) is 8.42 Å². The fraction of sp³-hybridized carbons (Fsp3) is 0.357. The molecule has 0 spiro atoms. The number of nitrogens with zero attached hydrogens (tertiary/aromatic N) is 2. The zero-order valence-corrected chi connectivity index (χ0v) is 12.5. The minimum absolute atomic E-state index is 0.0609. The molecule has 2 rings (SSSR count). The molecule has 0 bridgehead atoms. The van der Waals surface area contributed by atoms with E-state index < -0.39 is 10.0 Å². The molecule has 2 N–H and O–H groups in total. The van der Waals surface area contributed by atoms with Crippen LogP contribution in [0.3, 0.4) is 0 Å². The molecule has 5 nitrogen and oxygen atoms in total. The van der Waals surface area contributed by atoms with E-state index in [4.69, 9.17) is 5.14 Å². The van der Waals surface area contributed by atoms with E-state index >= 15 is 0 Å². The standard InChI is InChI=1S/C14H19N3O2S/c1-11(2)14-16-13(20(15,18)19)10-17(14)9-8-12-6-4-3-5-7-12/h3-7,10-11H,8-9H2,1-2H3,(H2,15,18,19). The summed E-state index contributed by atoms with van der Waals surface area (Å²) in [6.45, 7) is 4.64. The number of imidazole rings is 1. The molecule has 0 fully saturated rings. The summed E-state index contributed by atoms with van der Waals surface area (Å²) in [5.41, 5.74) is 1.20. The van der Waals surface area contributed by atoms with Crippen LogP contribution in [0.15, 0.2) is 41.6 Å². The lowest BCUT2D eigenvalue weighted by Crippen LogP contribution is -2.12. The first-order valence-corrected chi connectivity index (χ1v) is 8.06. The third-order valence-corrected chi connectivity index (χ3v) is 3.86. The summed E-state index contributed by atoms with van der Waals surface area (Å²) >= 11 is 0. The maximum atomic E-state index is 11.4. The molecule has 0 aliphatic rings. The van der Waals surface area contributed by atoms with Crippen molar-refractivity contribution >= 4 is 10.0 Å². The van der Waals surface area contributed by atoms with Crippen molar-refractivity contribution < 1.29 is 8.42 Å². The first-order valence-electron chi connectivity index (χ1n) is 6.51. The van der Waals surface area contributed by atoms with Crippen LogP contribution in [0.5, 0.6) is 0 Å². The Kier molecular flexibility index (Phi) is 4.25. The Hall–Kier alpha value is -1.66. The Morgan fingerprint density at radius 3 is 2.45 bits per heavy atom. The third-order valence-electron chi connectivity index (χ3n) is 3.08. The minimum Gasteiger partial charge on any atom is -0.333 e. The number of hydrogen-bond acceptors (Lipinski definition) is 3. The van der Waals surface area contributed by atoms with Crippen molar-refractivity contribution in [2.75, 3.05) is 0 Å². The fourth-order valence-corrected chi connectivity index (χ4v) is 2.57. The number of aromatic nitrogens is 2. The Morgan fingerprint density at radius 1 is 1.25 bits per heavy atom. The van der Waals surface area contributed by atoms with Crippen molar-refractivity contribution in [2.45, 2.75) is 37.8 Å². The number of sulfonamides is 1. The highest BCUT2D eigenvalue weighted by Gasteiger charge is 2.18. The molecule has 1 aromatic heterocycles. The molecule has 2 aromatic rings. The van der Waals surface area contributed by atoms with Gasteiger partial charge >= 0.3 is 0 Å². The van der Waals surface area contributed by atoms with Crippen molar-refractivity contribution in [1.29, 1.82) is 0 Å². The molecular weight excluding hydrogens is 274 g/mol. The van der Waals surface area contributed by atoms with Gasteiger partial charge in [-0.3, -0.25) is 0 Å². The molecule has 0 atom stereocenters. The van der Waals surface area contributed by atoms with E-state index in [-0.39, 0.29) is 10.9 Å². The van der Waals surface area contributed by atoms with Gasteiger partial charge < -0.3 is 4.57 Å². The lowest BCUT2D eigenvalue weighted by atomic mass is 10.1. The van der Waals surface area contributed by atoms with Crippen LogP contribution in [0.2, 0.25) is 0 Å². The van der Waals surface area contributed by atoms with E-state index in [0.717, 1.165) is 12.2 Å². The van der Waals surface area contributed by atoms with Crippen LogP contribution in [0.4, 0.5) is 0 Å². The highest BCUT2D eigenvalue weighted by Crippen LogP contribution is 2.17. The van der Waals surface area contributed by atoms with Crippen molar-refractivity contribution in [3.8, 4) is 0 Å². The quantitative estimate of drug-likeness (QED) is 0.914. The molecule has 6 heteroatoms. The summed E-state index contributed by atoms with van der Waals surface area (Å²) in [7, 11) is -3.75. The molecule has 1 aromatic carbocycles. The Morgan fingerprint density at radius 2 is 1.90 bits per heavy atom. The Bertz CT molecular complexity index is 676. The van der Waals surface area contributed by atoms with Gasteiger partial charge in [0.15, 0.2) is 5.03 Å². The lowest BCUT2D eigenvalue weighted by molar-refractivity contribution is 0.594. The summed E-state index contributed by atoms with van der Waals surface area (Å²) in [5, 5.41) is 5.08. The Balaban J connectivity index is 2.24. The van der Waals surface area contributed by atoms with Crippen LogP contribution in [0.25, 0.3) is 0 Å². The van der Waals surface area contributed by atoms with Crippen molar-refractivity contribution in [1.82, 2.24) is 9.55 Å². The average molecular weight is 293 g/mol. The summed E-state index contributed by atoms with van der Waals surface area (Å²) in [4.78, 5) is 4.14. The molecule has 20 heavy (non-hydrogen) atoms. The normalized spacial score (nSPS) is 12.0. The van der Waals surface area contributed by atoms with Crippen LogP contribution < -0.4 is 5.14 Å². The summed E-state index contributed by atoms with van der Waals surface area (Å²) in [6.07, 6.45) is 2.34. The van der Waals surface area contributed by atoms with Crippen LogP contribution in [-0.2, 0) is 23.0 Å². The van der Waals surface area contributed by atoms with Crippen molar-refractivity contribution in [3.63, 3.8) is 0 Å². The van der Waals surface area contributed by atoms with Gasteiger partial charge in [0.2, 0.25) is 0 Å². The maximum absolute atomic E-state index is 11.4. The summed E-state index contributed by atoms with van der Waals surface area (Å²) in [5.74, 6) is 0.881. The monoisotopic (exact) mass is 293 g/mol. The van der Waals surface area contributed by atoms with Gasteiger partial charge in [-0.25, -0.2) is 18.5 Å². The van der Waals surface area contributed by atoms with Crippen LogP contribution in [0, 0.1) is 0 Å². The van der Waals surface area contributed by atoms with Crippen LogP contribution >= 0.6 is 0 Å². The molecule has 1 heterocycles. The largest absolute Gasteiger partial charge is 0.333 e. The number of aryl methyl sites for hydroxylation is 2. The molecule has 0 amide bonds. The third kappa shape index (κ3) is 3.46. The average Bonchev–Trinajstić information content (AvgIpc) is 2.82. The lowest BCUT2D eigenvalue weighted by Gasteiger charge is -2.09. The molecule has 0 saturated carbocycles. The first-order chi connectivity index (χ1) is 9.38. The van der Waals surface area contributed by atoms with Gasteiger partial charge in [0.1, 0.15) is 5.82 Å². The van der Waals surface area contributed by atoms with Crippen molar-refractivity contribution in [3.05, 3.63) is 47.9 Å². The van der Waals surface area contributed by atoms with Crippen molar-refractivity contribution in [2.24, 2.45) is 5.14 Å². The number of benzene rings is 1. The fourth-order valence-electron chi connectivity index (χ4n) is 2.08. The first kappa shape index (κ1) is 14.7. The summed E-state index contributed by atoms with van der Waals surface area (Å²) in [6, 6.07) is 10.0. The molecule has 0 radical (unpaired) electrons. The summed E-state index contributed by atoms with van der Waals surface area (Å²) < 4.78 is 24.7. The molecule has 0 saturated heterocycles. The second-order valence-corrected chi connectivity index (χ2v) is 6.57.